The lowest BCUT2D eigenvalue weighted by Gasteiger charge is -2.13. The van der Waals surface area contributed by atoms with Crippen molar-refractivity contribution >= 4 is 15.9 Å². The SMILES string of the molecule is NC(C1=CCCO1)c1cncc(Br)c1. The van der Waals surface area contributed by atoms with Crippen molar-refractivity contribution in [3.63, 3.8) is 0 Å². The van der Waals surface area contributed by atoms with Crippen molar-refractivity contribution in [2.45, 2.75) is 12.5 Å². The molecule has 2 rings (SSSR count). The molecule has 0 saturated carbocycles. The van der Waals surface area contributed by atoms with Crippen LogP contribution in [0.1, 0.15) is 18.0 Å². The largest absolute Gasteiger partial charge is 0.496 e. The highest BCUT2D eigenvalue weighted by Crippen LogP contribution is 2.25. The number of hydrogen-bond acceptors (Lipinski definition) is 3. The van der Waals surface area contributed by atoms with Gasteiger partial charge in [0.15, 0.2) is 0 Å². The third kappa shape index (κ3) is 1.96. The first kappa shape index (κ1) is 9.68. The van der Waals surface area contributed by atoms with Crippen LogP contribution in [0.5, 0.6) is 0 Å². The Hall–Kier alpha value is -0.870. The summed E-state index contributed by atoms with van der Waals surface area (Å²) in [6.07, 6.45) is 6.48. The van der Waals surface area contributed by atoms with Crippen molar-refractivity contribution in [1.82, 2.24) is 4.98 Å². The van der Waals surface area contributed by atoms with E-state index >= 15 is 0 Å². The van der Waals surface area contributed by atoms with Gasteiger partial charge < -0.3 is 10.5 Å². The molecule has 0 saturated heterocycles. The van der Waals surface area contributed by atoms with Gasteiger partial charge in [-0.1, -0.05) is 0 Å². The predicted octanol–water partition coefficient (Wildman–Crippen LogP) is 2.15. The molecule has 0 radical (unpaired) electrons. The van der Waals surface area contributed by atoms with Crippen LogP contribution in [-0.2, 0) is 4.74 Å². The van der Waals surface area contributed by atoms with Crippen LogP contribution in [0.4, 0.5) is 0 Å². The quantitative estimate of drug-likeness (QED) is 0.880. The minimum atomic E-state index is -0.192. The van der Waals surface area contributed by atoms with E-state index in [9.17, 15) is 0 Å². The van der Waals surface area contributed by atoms with Gasteiger partial charge in [-0.3, -0.25) is 4.98 Å². The zero-order valence-corrected chi connectivity index (χ0v) is 9.20. The molecule has 14 heavy (non-hydrogen) atoms. The fourth-order valence-corrected chi connectivity index (χ4v) is 1.80. The highest BCUT2D eigenvalue weighted by Gasteiger charge is 2.16. The van der Waals surface area contributed by atoms with Gasteiger partial charge in [0.25, 0.3) is 0 Å². The highest BCUT2D eigenvalue weighted by atomic mass is 79.9. The molecule has 1 unspecified atom stereocenters. The average Bonchev–Trinajstić information content (AvgIpc) is 2.69. The van der Waals surface area contributed by atoms with Crippen LogP contribution in [0.3, 0.4) is 0 Å². The second-order valence-corrected chi connectivity index (χ2v) is 4.07. The summed E-state index contributed by atoms with van der Waals surface area (Å²) in [5.74, 6) is 0.852. The number of nitrogens with two attached hydrogens (primary N) is 1. The molecule has 0 bridgehead atoms. The molecule has 1 aliphatic rings. The number of halogens is 1. The third-order valence-corrected chi connectivity index (χ3v) is 2.56. The molecular formula is C10H11BrN2O. The molecule has 3 nitrogen and oxygen atoms in total. The number of hydrogen-bond donors (Lipinski definition) is 1. The van der Waals surface area contributed by atoms with Gasteiger partial charge in [-0.2, -0.15) is 0 Å². The monoisotopic (exact) mass is 254 g/mol. The number of aromatic nitrogens is 1. The second-order valence-electron chi connectivity index (χ2n) is 3.16. The lowest BCUT2D eigenvalue weighted by Crippen LogP contribution is -2.13. The van der Waals surface area contributed by atoms with Gasteiger partial charge in [-0.15, -0.1) is 0 Å². The summed E-state index contributed by atoms with van der Waals surface area (Å²) in [7, 11) is 0. The van der Waals surface area contributed by atoms with Crippen LogP contribution in [-0.4, -0.2) is 11.6 Å². The van der Waals surface area contributed by atoms with Crippen LogP contribution in [0.15, 0.2) is 34.8 Å². The molecule has 0 fully saturated rings. The molecule has 2 heterocycles. The summed E-state index contributed by atoms with van der Waals surface area (Å²) in [5, 5.41) is 0. The zero-order chi connectivity index (χ0) is 9.97. The topological polar surface area (TPSA) is 48.1 Å². The first-order valence-corrected chi connectivity index (χ1v) is 5.25. The molecule has 1 aromatic heterocycles. The van der Waals surface area contributed by atoms with Crippen molar-refractivity contribution in [1.29, 1.82) is 0 Å². The summed E-state index contributed by atoms with van der Waals surface area (Å²) < 4.78 is 6.34. The molecule has 0 aliphatic carbocycles. The lowest BCUT2D eigenvalue weighted by molar-refractivity contribution is 0.225. The molecule has 0 aromatic carbocycles. The van der Waals surface area contributed by atoms with E-state index in [1.807, 2.05) is 12.1 Å². The summed E-state index contributed by atoms with van der Waals surface area (Å²) in [4.78, 5) is 4.07. The summed E-state index contributed by atoms with van der Waals surface area (Å²) in [6, 6.07) is 1.77. The normalized spacial score (nSPS) is 17.4. The Morgan fingerprint density at radius 1 is 1.50 bits per heavy atom. The molecule has 1 aromatic rings. The molecule has 0 amide bonds. The zero-order valence-electron chi connectivity index (χ0n) is 7.61. The van der Waals surface area contributed by atoms with E-state index in [-0.39, 0.29) is 6.04 Å². The van der Waals surface area contributed by atoms with Crippen LogP contribution in [0.25, 0.3) is 0 Å². The van der Waals surface area contributed by atoms with Crippen molar-refractivity contribution in [2.75, 3.05) is 6.61 Å². The standard InChI is InChI=1S/C10H11BrN2O/c11-8-4-7(5-13-6-8)10(12)9-2-1-3-14-9/h2,4-6,10H,1,3,12H2. The molecule has 1 atom stereocenters. The van der Waals surface area contributed by atoms with E-state index in [0.29, 0.717) is 0 Å². The predicted molar refractivity (Wildman–Crippen MR) is 57.5 cm³/mol. The van der Waals surface area contributed by atoms with Crippen molar-refractivity contribution in [3.8, 4) is 0 Å². The Bertz CT molecular complexity index is 365. The summed E-state index contributed by atoms with van der Waals surface area (Å²) in [6.45, 7) is 0.741. The summed E-state index contributed by atoms with van der Waals surface area (Å²) >= 11 is 3.36. The second kappa shape index (κ2) is 4.11. The van der Waals surface area contributed by atoms with E-state index < -0.39 is 0 Å². The minimum absolute atomic E-state index is 0.192. The molecule has 4 heteroatoms. The Kier molecular flexibility index (Phi) is 2.84. The Balaban J connectivity index is 2.22. The van der Waals surface area contributed by atoms with Gasteiger partial charge in [0.05, 0.1) is 12.6 Å². The van der Waals surface area contributed by atoms with Gasteiger partial charge in [-0.05, 0) is 33.6 Å². The maximum absolute atomic E-state index is 6.02. The Morgan fingerprint density at radius 3 is 3.00 bits per heavy atom. The molecular weight excluding hydrogens is 244 g/mol. The lowest BCUT2D eigenvalue weighted by atomic mass is 10.1. The Morgan fingerprint density at radius 2 is 2.36 bits per heavy atom. The third-order valence-electron chi connectivity index (χ3n) is 2.12. The molecule has 1 aliphatic heterocycles. The molecule has 74 valence electrons. The highest BCUT2D eigenvalue weighted by molar-refractivity contribution is 9.10. The Labute approximate surface area is 91.1 Å². The first-order chi connectivity index (χ1) is 6.77. The molecule has 2 N–H and O–H groups in total. The molecule has 0 spiro atoms. The van der Waals surface area contributed by atoms with Gasteiger partial charge in [0.1, 0.15) is 5.76 Å². The van der Waals surface area contributed by atoms with E-state index in [4.69, 9.17) is 10.5 Å². The van der Waals surface area contributed by atoms with Crippen molar-refractivity contribution < 1.29 is 4.74 Å². The van der Waals surface area contributed by atoms with E-state index in [1.165, 1.54) is 0 Å². The van der Waals surface area contributed by atoms with Crippen molar-refractivity contribution in [3.05, 3.63) is 40.3 Å². The number of rotatable bonds is 2. The van der Waals surface area contributed by atoms with Crippen LogP contribution >= 0.6 is 15.9 Å². The maximum Gasteiger partial charge on any atom is 0.113 e. The van der Waals surface area contributed by atoms with Gasteiger partial charge in [-0.25, -0.2) is 0 Å². The van der Waals surface area contributed by atoms with E-state index in [0.717, 1.165) is 28.8 Å². The van der Waals surface area contributed by atoms with E-state index in [2.05, 4.69) is 20.9 Å². The first-order valence-electron chi connectivity index (χ1n) is 4.46. The van der Waals surface area contributed by atoms with Gasteiger partial charge in [0, 0.05) is 23.3 Å². The summed E-state index contributed by atoms with van der Waals surface area (Å²) in [5.41, 5.74) is 6.98. The van der Waals surface area contributed by atoms with E-state index in [1.54, 1.807) is 12.4 Å². The van der Waals surface area contributed by atoms with Crippen molar-refractivity contribution in [2.24, 2.45) is 5.73 Å². The minimum Gasteiger partial charge on any atom is -0.496 e. The average molecular weight is 255 g/mol. The van der Waals surface area contributed by atoms with Gasteiger partial charge in [0.2, 0.25) is 0 Å². The van der Waals surface area contributed by atoms with Crippen LogP contribution in [0, 0.1) is 0 Å². The maximum atomic E-state index is 6.02. The smallest absolute Gasteiger partial charge is 0.113 e. The number of ether oxygens (including phenoxy) is 1. The van der Waals surface area contributed by atoms with Gasteiger partial charge >= 0.3 is 0 Å². The number of nitrogens with zero attached hydrogens (tertiary/aromatic N) is 1. The fourth-order valence-electron chi connectivity index (χ4n) is 1.42. The fraction of sp³-hybridized carbons (Fsp3) is 0.300. The number of pyridine rings is 1. The van der Waals surface area contributed by atoms with Crippen LogP contribution < -0.4 is 5.73 Å². The van der Waals surface area contributed by atoms with Crippen LogP contribution in [0.2, 0.25) is 0 Å².